The zero-order valence-corrected chi connectivity index (χ0v) is 20.2. The molecular formula is C27H49NO3. The Morgan fingerprint density at radius 3 is 2.00 bits per heavy atom. The van der Waals surface area contributed by atoms with Gasteiger partial charge in [0.1, 0.15) is 0 Å². The van der Waals surface area contributed by atoms with Crippen molar-refractivity contribution in [3.05, 3.63) is 36.5 Å². The van der Waals surface area contributed by atoms with E-state index >= 15 is 0 Å². The Hall–Kier alpha value is -1.39. The summed E-state index contributed by atoms with van der Waals surface area (Å²) in [6.07, 6.45) is 28.3. The van der Waals surface area contributed by atoms with Crippen LogP contribution in [0.25, 0.3) is 0 Å². The molecule has 0 aliphatic heterocycles. The Morgan fingerprint density at radius 1 is 0.774 bits per heavy atom. The molecule has 0 radical (unpaired) electrons. The first-order valence-corrected chi connectivity index (χ1v) is 12.7. The number of nitrogens with one attached hydrogen (secondary N) is 1. The summed E-state index contributed by atoms with van der Waals surface area (Å²) in [5, 5.41) is 22.2. The van der Waals surface area contributed by atoms with Crippen molar-refractivity contribution in [1.82, 2.24) is 5.32 Å². The second-order valence-corrected chi connectivity index (χ2v) is 8.40. The number of carbonyl (C=O) groups excluding carboxylic acids is 1. The summed E-state index contributed by atoms with van der Waals surface area (Å²) in [4.78, 5) is 12.0. The fraction of sp³-hybridized carbons (Fsp3) is 0.741. The minimum atomic E-state index is -0.838. The largest absolute Gasteiger partial charge is 0.394 e. The van der Waals surface area contributed by atoms with E-state index in [1.165, 1.54) is 44.9 Å². The first-order chi connectivity index (χ1) is 15.2. The van der Waals surface area contributed by atoms with Crippen LogP contribution >= 0.6 is 0 Å². The third-order valence-electron chi connectivity index (χ3n) is 5.35. The van der Waals surface area contributed by atoms with Crippen LogP contribution in [0.1, 0.15) is 110 Å². The van der Waals surface area contributed by atoms with Crippen molar-refractivity contribution in [2.45, 2.75) is 122 Å². The molecule has 0 bridgehead atoms. The molecule has 4 nitrogen and oxygen atoms in total. The number of amides is 1. The van der Waals surface area contributed by atoms with Crippen LogP contribution in [0.5, 0.6) is 0 Å². The number of hydrogen-bond donors (Lipinski definition) is 3. The molecule has 0 aliphatic carbocycles. The van der Waals surface area contributed by atoms with Gasteiger partial charge in [-0.1, -0.05) is 95.2 Å². The van der Waals surface area contributed by atoms with Crippen LogP contribution in [-0.2, 0) is 4.79 Å². The van der Waals surface area contributed by atoms with Crippen LogP contribution in [0, 0.1) is 0 Å². The average Bonchev–Trinajstić information content (AvgIpc) is 2.77. The van der Waals surface area contributed by atoms with Crippen molar-refractivity contribution in [1.29, 1.82) is 0 Å². The van der Waals surface area contributed by atoms with Crippen LogP contribution in [-0.4, -0.2) is 34.9 Å². The summed E-state index contributed by atoms with van der Waals surface area (Å²) in [5.41, 5.74) is 0. The van der Waals surface area contributed by atoms with Gasteiger partial charge < -0.3 is 15.5 Å². The second-order valence-electron chi connectivity index (χ2n) is 8.40. The number of allylic oxidation sites excluding steroid dienone is 5. The lowest BCUT2D eigenvalue weighted by Gasteiger charge is -2.19. The lowest BCUT2D eigenvalue weighted by Crippen LogP contribution is -2.45. The lowest BCUT2D eigenvalue weighted by molar-refractivity contribution is -0.123. The van der Waals surface area contributed by atoms with E-state index in [1.807, 2.05) is 6.08 Å². The molecule has 31 heavy (non-hydrogen) atoms. The molecule has 0 heterocycles. The van der Waals surface area contributed by atoms with Crippen molar-refractivity contribution in [3.8, 4) is 0 Å². The van der Waals surface area contributed by atoms with E-state index in [9.17, 15) is 15.0 Å². The fourth-order valence-corrected chi connectivity index (χ4v) is 3.33. The van der Waals surface area contributed by atoms with Gasteiger partial charge in [-0.05, 0) is 44.9 Å². The van der Waals surface area contributed by atoms with Crippen LogP contribution in [0.2, 0.25) is 0 Å². The Bertz CT molecular complexity index is 485. The Kier molecular flexibility index (Phi) is 22.2. The molecular weight excluding hydrogens is 386 g/mol. The molecule has 1 amide bonds. The van der Waals surface area contributed by atoms with Gasteiger partial charge in [-0.15, -0.1) is 0 Å². The zero-order chi connectivity index (χ0) is 23.0. The van der Waals surface area contributed by atoms with Gasteiger partial charge >= 0.3 is 0 Å². The van der Waals surface area contributed by atoms with Gasteiger partial charge in [0.15, 0.2) is 0 Å². The first kappa shape index (κ1) is 29.6. The molecule has 0 aliphatic rings. The number of unbranched alkanes of at least 4 members (excludes halogenated alkanes) is 10. The Balaban J connectivity index is 3.62. The Morgan fingerprint density at radius 2 is 1.39 bits per heavy atom. The molecule has 2 atom stereocenters. The maximum atomic E-state index is 12.0. The van der Waals surface area contributed by atoms with E-state index in [1.54, 1.807) is 6.08 Å². The van der Waals surface area contributed by atoms with Crippen molar-refractivity contribution < 1.29 is 15.0 Å². The molecule has 0 aromatic carbocycles. The third kappa shape index (κ3) is 20.3. The normalized spacial score (nSPS) is 14.1. The average molecular weight is 436 g/mol. The summed E-state index contributed by atoms with van der Waals surface area (Å²) >= 11 is 0. The minimum absolute atomic E-state index is 0.0941. The molecule has 0 spiro atoms. The molecule has 0 rings (SSSR count). The summed E-state index contributed by atoms with van der Waals surface area (Å²) in [5.74, 6) is -0.0941. The van der Waals surface area contributed by atoms with E-state index < -0.39 is 12.1 Å². The highest BCUT2D eigenvalue weighted by molar-refractivity contribution is 5.76. The monoisotopic (exact) mass is 435 g/mol. The second kappa shape index (κ2) is 23.3. The molecule has 0 aromatic rings. The number of aliphatic hydroxyl groups excluding tert-OH is 2. The van der Waals surface area contributed by atoms with E-state index in [0.29, 0.717) is 6.42 Å². The van der Waals surface area contributed by atoms with Crippen LogP contribution in [0.15, 0.2) is 36.5 Å². The summed E-state index contributed by atoms with van der Waals surface area (Å²) in [7, 11) is 0. The van der Waals surface area contributed by atoms with E-state index in [0.717, 1.165) is 44.9 Å². The number of rotatable bonds is 21. The maximum absolute atomic E-state index is 12.0. The number of carbonyl (C=O) groups is 1. The molecule has 180 valence electrons. The SMILES string of the molecule is CCC/C=C/C(O)C(CO)NC(=O)CCCCCCC/C=C\C/C=C\CCCCCC. The standard InChI is InChI=1S/C27H49NO3/c1-3-5-7-8-9-10-11-12-13-14-15-16-17-18-19-21-23-27(31)28-25(24-29)26(30)22-20-6-4-2/h10-11,13-14,20,22,25-26,29-30H,3-9,12,15-19,21,23-24H2,1-2H3,(H,28,31)/b11-10-,14-13-,22-20+. The smallest absolute Gasteiger partial charge is 0.220 e. The molecule has 2 unspecified atom stereocenters. The van der Waals surface area contributed by atoms with Gasteiger partial charge in [0, 0.05) is 6.42 Å². The van der Waals surface area contributed by atoms with Gasteiger partial charge in [0.2, 0.25) is 5.91 Å². The molecule has 0 fully saturated rings. The van der Waals surface area contributed by atoms with Gasteiger partial charge in [0.25, 0.3) is 0 Å². The minimum Gasteiger partial charge on any atom is -0.394 e. The van der Waals surface area contributed by atoms with E-state index in [2.05, 4.69) is 43.5 Å². The predicted octanol–water partition coefficient (Wildman–Crippen LogP) is 6.38. The van der Waals surface area contributed by atoms with Crippen LogP contribution < -0.4 is 5.32 Å². The Labute approximate surface area is 191 Å². The van der Waals surface area contributed by atoms with Crippen molar-refractivity contribution in [3.63, 3.8) is 0 Å². The highest BCUT2D eigenvalue weighted by atomic mass is 16.3. The van der Waals surface area contributed by atoms with Crippen LogP contribution in [0.4, 0.5) is 0 Å². The van der Waals surface area contributed by atoms with Gasteiger partial charge in [-0.3, -0.25) is 4.79 Å². The highest BCUT2D eigenvalue weighted by Gasteiger charge is 2.17. The van der Waals surface area contributed by atoms with Gasteiger partial charge in [0.05, 0.1) is 18.8 Å². The number of aliphatic hydroxyl groups is 2. The fourth-order valence-electron chi connectivity index (χ4n) is 3.33. The molecule has 0 saturated carbocycles. The van der Waals surface area contributed by atoms with E-state index in [-0.39, 0.29) is 12.5 Å². The predicted molar refractivity (Wildman–Crippen MR) is 133 cm³/mol. The highest BCUT2D eigenvalue weighted by Crippen LogP contribution is 2.09. The maximum Gasteiger partial charge on any atom is 0.220 e. The topological polar surface area (TPSA) is 69.6 Å². The molecule has 0 saturated heterocycles. The van der Waals surface area contributed by atoms with Crippen LogP contribution in [0.3, 0.4) is 0 Å². The molecule has 4 heteroatoms. The molecule has 3 N–H and O–H groups in total. The summed E-state index contributed by atoms with van der Waals surface area (Å²) < 4.78 is 0. The van der Waals surface area contributed by atoms with E-state index in [4.69, 9.17) is 0 Å². The summed E-state index contributed by atoms with van der Waals surface area (Å²) in [6, 6.07) is -0.622. The molecule has 0 aromatic heterocycles. The number of hydrogen-bond acceptors (Lipinski definition) is 3. The van der Waals surface area contributed by atoms with Gasteiger partial charge in [-0.2, -0.15) is 0 Å². The first-order valence-electron chi connectivity index (χ1n) is 12.7. The summed E-state index contributed by atoms with van der Waals surface area (Å²) in [6.45, 7) is 4.05. The van der Waals surface area contributed by atoms with Crippen molar-refractivity contribution in [2.75, 3.05) is 6.61 Å². The quantitative estimate of drug-likeness (QED) is 0.145. The van der Waals surface area contributed by atoms with Gasteiger partial charge in [-0.25, -0.2) is 0 Å². The lowest BCUT2D eigenvalue weighted by atomic mass is 10.1. The third-order valence-corrected chi connectivity index (χ3v) is 5.35. The zero-order valence-electron chi connectivity index (χ0n) is 20.2. The van der Waals surface area contributed by atoms with Crippen molar-refractivity contribution >= 4 is 5.91 Å². The van der Waals surface area contributed by atoms with Crippen molar-refractivity contribution in [2.24, 2.45) is 0 Å².